The molecule has 1 unspecified atom stereocenters. The van der Waals surface area contributed by atoms with Gasteiger partial charge in [0, 0.05) is 12.1 Å². The van der Waals surface area contributed by atoms with Gasteiger partial charge in [-0.05, 0) is 32.0 Å². The summed E-state index contributed by atoms with van der Waals surface area (Å²) in [7, 11) is 0. The summed E-state index contributed by atoms with van der Waals surface area (Å²) in [5, 5.41) is 3.87. The first-order valence-electron chi connectivity index (χ1n) is 7.80. The van der Waals surface area contributed by atoms with Gasteiger partial charge in [-0.3, -0.25) is 4.90 Å². The van der Waals surface area contributed by atoms with Crippen LogP contribution in [0.5, 0.6) is 0 Å². The van der Waals surface area contributed by atoms with Gasteiger partial charge >= 0.3 is 0 Å². The summed E-state index contributed by atoms with van der Waals surface area (Å²) in [6.07, 6.45) is 2.84. The van der Waals surface area contributed by atoms with Gasteiger partial charge in [-0.2, -0.15) is 4.98 Å². The lowest BCUT2D eigenvalue weighted by Gasteiger charge is -2.12. The van der Waals surface area contributed by atoms with Gasteiger partial charge in [0.2, 0.25) is 11.8 Å². The molecule has 118 valence electrons. The Bertz CT molecular complexity index is 781. The normalized spacial score (nSPS) is 18.6. The monoisotopic (exact) mass is 310 g/mol. The summed E-state index contributed by atoms with van der Waals surface area (Å²) in [6.45, 7) is 4.50. The molecule has 1 aromatic carbocycles. The number of nitrogens with zero attached hydrogens (tertiary/aromatic N) is 4. The van der Waals surface area contributed by atoms with E-state index in [1.165, 1.54) is 0 Å². The Morgan fingerprint density at radius 1 is 1.26 bits per heavy atom. The standard InChI is InChI=1S/C17H18N4O2/c1-12-19-17(23-20-12)14-7-8-21(10-14)11-15-9-18-16(22-15)13-5-3-2-4-6-13/h2-6,9,14H,7-8,10-11H2,1H3. The molecule has 1 saturated heterocycles. The van der Waals surface area contributed by atoms with Crippen molar-refractivity contribution >= 4 is 0 Å². The van der Waals surface area contributed by atoms with Crippen LogP contribution in [-0.2, 0) is 6.54 Å². The second kappa shape index (κ2) is 5.96. The van der Waals surface area contributed by atoms with Crippen LogP contribution >= 0.6 is 0 Å². The molecular formula is C17H18N4O2. The smallest absolute Gasteiger partial charge is 0.231 e. The highest BCUT2D eigenvalue weighted by Crippen LogP contribution is 2.27. The first kappa shape index (κ1) is 14.1. The number of hydrogen-bond acceptors (Lipinski definition) is 6. The minimum absolute atomic E-state index is 0.313. The number of oxazole rings is 1. The zero-order valence-electron chi connectivity index (χ0n) is 13.0. The van der Waals surface area contributed by atoms with E-state index >= 15 is 0 Å². The first-order valence-corrected chi connectivity index (χ1v) is 7.80. The lowest BCUT2D eigenvalue weighted by atomic mass is 10.1. The zero-order valence-corrected chi connectivity index (χ0v) is 13.0. The fraction of sp³-hybridized carbons (Fsp3) is 0.353. The van der Waals surface area contributed by atoms with Gasteiger partial charge in [0.25, 0.3) is 0 Å². The van der Waals surface area contributed by atoms with Crippen molar-refractivity contribution in [3.63, 3.8) is 0 Å². The van der Waals surface area contributed by atoms with Gasteiger partial charge < -0.3 is 8.94 Å². The van der Waals surface area contributed by atoms with Gasteiger partial charge in [0.05, 0.1) is 18.7 Å². The van der Waals surface area contributed by atoms with Crippen molar-refractivity contribution < 1.29 is 8.94 Å². The van der Waals surface area contributed by atoms with Crippen LogP contribution in [0.1, 0.15) is 29.8 Å². The molecule has 4 rings (SSSR count). The summed E-state index contributed by atoms with van der Waals surface area (Å²) in [5.41, 5.74) is 0.999. The highest BCUT2D eigenvalue weighted by Gasteiger charge is 2.28. The summed E-state index contributed by atoms with van der Waals surface area (Å²) in [6, 6.07) is 9.95. The Morgan fingerprint density at radius 3 is 2.91 bits per heavy atom. The fourth-order valence-corrected chi connectivity index (χ4v) is 2.97. The molecule has 23 heavy (non-hydrogen) atoms. The van der Waals surface area contributed by atoms with Crippen molar-refractivity contribution in [1.29, 1.82) is 0 Å². The van der Waals surface area contributed by atoms with Gasteiger partial charge in [0.15, 0.2) is 5.82 Å². The molecule has 0 N–H and O–H groups in total. The van der Waals surface area contributed by atoms with Gasteiger partial charge in [-0.1, -0.05) is 23.4 Å². The van der Waals surface area contributed by atoms with Gasteiger partial charge in [-0.15, -0.1) is 0 Å². The number of likely N-dealkylation sites (tertiary alicyclic amines) is 1. The van der Waals surface area contributed by atoms with E-state index in [4.69, 9.17) is 8.94 Å². The molecule has 3 heterocycles. The number of rotatable bonds is 4. The summed E-state index contributed by atoms with van der Waals surface area (Å²) < 4.78 is 11.2. The van der Waals surface area contributed by atoms with Gasteiger partial charge in [-0.25, -0.2) is 4.98 Å². The van der Waals surface area contributed by atoms with Gasteiger partial charge in [0.1, 0.15) is 5.76 Å². The average molecular weight is 310 g/mol. The topological polar surface area (TPSA) is 68.2 Å². The summed E-state index contributed by atoms with van der Waals surface area (Å²) in [4.78, 5) is 11.0. The lowest BCUT2D eigenvalue weighted by Crippen LogP contribution is -2.19. The number of aryl methyl sites for hydroxylation is 1. The molecular weight excluding hydrogens is 292 g/mol. The van der Waals surface area contributed by atoms with Crippen LogP contribution in [0.15, 0.2) is 45.5 Å². The minimum atomic E-state index is 0.313. The number of aromatic nitrogens is 3. The van der Waals surface area contributed by atoms with Crippen LogP contribution in [0, 0.1) is 6.92 Å². The molecule has 1 aliphatic rings. The highest BCUT2D eigenvalue weighted by atomic mass is 16.5. The molecule has 0 saturated carbocycles. The summed E-state index contributed by atoms with van der Waals surface area (Å²) in [5.74, 6) is 3.30. The van der Waals surface area contributed by atoms with E-state index in [0.29, 0.717) is 17.6 Å². The molecule has 6 heteroatoms. The van der Waals surface area contributed by atoms with E-state index in [-0.39, 0.29) is 0 Å². The van der Waals surface area contributed by atoms with E-state index in [2.05, 4.69) is 20.0 Å². The predicted molar refractivity (Wildman–Crippen MR) is 83.6 cm³/mol. The first-order chi connectivity index (χ1) is 11.3. The third-order valence-electron chi connectivity index (χ3n) is 4.12. The van der Waals surface area contributed by atoms with Crippen molar-refractivity contribution in [2.45, 2.75) is 25.8 Å². The quantitative estimate of drug-likeness (QED) is 0.738. The maximum atomic E-state index is 5.87. The Hall–Kier alpha value is -2.47. The van der Waals surface area contributed by atoms with Crippen LogP contribution < -0.4 is 0 Å². The summed E-state index contributed by atoms with van der Waals surface area (Å²) >= 11 is 0. The minimum Gasteiger partial charge on any atom is -0.440 e. The highest BCUT2D eigenvalue weighted by molar-refractivity contribution is 5.52. The van der Waals surface area contributed by atoms with Crippen molar-refractivity contribution in [1.82, 2.24) is 20.0 Å². The van der Waals surface area contributed by atoms with Crippen LogP contribution in [0.3, 0.4) is 0 Å². The fourth-order valence-electron chi connectivity index (χ4n) is 2.97. The Kier molecular flexibility index (Phi) is 3.67. The molecule has 1 fully saturated rings. The van der Waals surface area contributed by atoms with Crippen molar-refractivity contribution in [2.24, 2.45) is 0 Å². The van der Waals surface area contributed by atoms with Crippen LogP contribution in [0.25, 0.3) is 11.5 Å². The van der Waals surface area contributed by atoms with E-state index in [9.17, 15) is 0 Å². The van der Waals surface area contributed by atoms with Crippen LogP contribution in [0.4, 0.5) is 0 Å². The second-order valence-corrected chi connectivity index (χ2v) is 5.90. The van der Waals surface area contributed by atoms with Crippen LogP contribution in [-0.4, -0.2) is 33.1 Å². The molecule has 0 spiro atoms. The number of benzene rings is 1. The second-order valence-electron chi connectivity index (χ2n) is 5.90. The SMILES string of the molecule is Cc1noc(C2CCN(Cc3cnc(-c4ccccc4)o3)C2)n1. The van der Waals surface area contributed by atoms with E-state index in [1.807, 2.05) is 43.5 Å². The molecule has 0 aliphatic carbocycles. The number of hydrogen-bond donors (Lipinski definition) is 0. The van der Waals surface area contributed by atoms with Crippen molar-refractivity contribution in [3.8, 4) is 11.5 Å². The molecule has 6 nitrogen and oxygen atoms in total. The molecule has 1 atom stereocenters. The largest absolute Gasteiger partial charge is 0.440 e. The molecule has 2 aromatic heterocycles. The molecule has 3 aromatic rings. The van der Waals surface area contributed by atoms with E-state index < -0.39 is 0 Å². The maximum absolute atomic E-state index is 5.87. The van der Waals surface area contributed by atoms with Crippen molar-refractivity contribution in [2.75, 3.05) is 13.1 Å². The lowest BCUT2D eigenvalue weighted by molar-refractivity contribution is 0.286. The van der Waals surface area contributed by atoms with E-state index in [0.717, 1.165) is 43.3 Å². The molecule has 0 amide bonds. The molecule has 1 aliphatic heterocycles. The van der Waals surface area contributed by atoms with Crippen LogP contribution in [0.2, 0.25) is 0 Å². The predicted octanol–water partition coefficient (Wildman–Crippen LogP) is 3.02. The van der Waals surface area contributed by atoms with Crippen molar-refractivity contribution in [3.05, 3.63) is 54.0 Å². The maximum Gasteiger partial charge on any atom is 0.231 e. The molecule has 0 bridgehead atoms. The third kappa shape index (κ3) is 3.03. The third-order valence-corrected chi connectivity index (χ3v) is 4.12. The Balaban J connectivity index is 1.41. The van der Waals surface area contributed by atoms with E-state index in [1.54, 1.807) is 0 Å². The average Bonchev–Trinajstić information content (AvgIpc) is 3.29. The zero-order chi connectivity index (χ0) is 15.6. The molecule has 0 radical (unpaired) electrons. The Labute approximate surface area is 134 Å². The Morgan fingerprint density at radius 2 is 2.13 bits per heavy atom.